The zero-order valence-electron chi connectivity index (χ0n) is 12.9. The van der Waals surface area contributed by atoms with Crippen LogP contribution in [0.1, 0.15) is 36.2 Å². The van der Waals surface area contributed by atoms with Gasteiger partial charge in [-0.1, -0.05) is 19.9 Å². The van der Waals surface area contributed by atoms with E-state index in [2.05, 4.69) is 10.6 Å². The molecule has 3 rings (SSSR count). The fourth-order valence-corrected chi connectivity index (χ4v) is 2.81. The zero-order chi connectivity index (χ0) is 16.6. The second-order valence-electron chi connectivity index (χ2n) is 6.33. The van der Waals surface area contributed by atoms with Crippen molar-refractivity contribution in [3.8, 4) is 0 Å². The topological polar surface area (TPSA) is 58.2 Å². The molecule has 0 atom stereocenters. The second-order valence-corrected chi connectivity index (χ2v) is 6.33. The smallest absolute Gasteiger partial charge is 0.255 e. The van der Waals surface area contributed by atoms with Gasteiger partial charge in [0, 0.05) is 28.8 Å². The van der Waals surface area contributed by atoms with E-state index in [1.165, 1.54) is 24.3 Å². The molecule has 0 spiro atoms. The van der Waals surface area contributed by atoms with Crippen molar-refractivity contribution in [2.45, 2.75) is 25.7 Å². The van der Waals surface area contributed by atoms with E-state index in [4.69, 9.17) is 0 Å². The van der Waals surface area contributed by atoms with E-state index in [1.54, 1.807) is 12.1 Å². The number of carbonyl (C=O) groups is 2. The lowest BCUT2D eigenvalue weighted by atomic mass is 9.77. The molecule has 0 aromatic heterocycles. The quantitative estimate of drug-likeness (QED) is 0.888. The highest BCUT2D eigenvalue weighted by Gasteiger charge is 2.32. The molecule has 0 unspecified atom stereocenters. The molecule has 0 bridgehead atoms. The molecule has 2 aromatic carbocycles. The number of benzene rings is 2. The van der Waals surface area contributed by atoms with Gasteiger partial charge < -0.3 is 10.6 Å². The number of carbonyl (C=O) groups excluding carboxylic acids is 2. The van der Waals surface area contributed by atoms with Crippen molar-refractivity contribution in [2.24, 2.45) is 0 Å². The van der Waals surface area contributed by atoms with Crippen molar-refractivity contribution in [2.75, 3.05) is 10.6 Å². The van der Waals surface area contributed by atoms with Crippen LogP contribution in [0.5, 0.6) is 0 Å². The molecule has 0 saturated carbocycles. The van der Waals surface area contributed by atoms with Gasteiger partial charge in [0.05, 0.1) is 0 Å². The van der Waals surface area contributed by atoms with E-state index in [0.717, 1.165) is 5.56 Å². The number of anilines is 2. The van der Waals surface area contributed by atoms with Crippen molar-refractivity contribution in [1.82, 2.24) is 0 Å². The SMILES string of the molecule is CC1(C)CC(=O)Nc2cc(C(=O)Nc3ccc(F)cc3)ccc21. The molecule has 1 aliphatic rings. The standard InChI is InChI=1S/C18H17FN2O2/c1-18(2)10-16(22)21-15-9-11(3-8-14(15)18)17(23)20-13-6-4-12(19)5-7-13/h3-9H,10H2,1-2H3,(H,20,23)(H,21,22). The Kier molecular flexibility index (Phi) is 3.64. The van der Waals surface area contributed by atoms with Crippen LogP contribution in [0.15, 0.2) is 42.5 Å². The number of hydrogen-bond donors (Lipinski definition) is 2. The van der Waals surface area contributed by atoms with Gasteiger partial charge in [-0.2, -0.15) is 0 Å². The predicted octanol–water partition coefficient (Wildman–Crippen LogP) is 3.70. The summed E-state index contributed by atoms with van der Waals surface area (Å²) in [5, 5.41) is 5.52. The Bertz CT molecular complexity index is 782. The molecule has 0 radical (unpaired) electrons. The van der Waals surface area contributed by atoms with E-state index in [-0.39, 0.29) is 23.0 Å². The van der Waals surface area contributed by atoms with Crippen LogP contribution in [-0.4, -0.2) is 11.8 Å². The van der Waals surface area contributed by atoms with Crippen LogP contribution in [0.3, 0.4) is 0 Å². The summed E-state index contributed by atoms with van der Waals surface area (Å²) in [5.74, 6) is -0.725. The summed E-state index contributed by atoms with van der Waals surface area (Å²) in [4.78, 5) is 24.1. The molecule has 118 valence electrons. The summed E-state index contributed by atoms with van der Waals surface area (Å²) in [5.41, 5.74) is 2.36. The van der Waals surface area contributed by atoms with Crippen LogP contribution in [0.4, 0.5) is 15.8 Å². The molecule has 0 aliphatic carbocycles. The fourth-order valence-electron chi connectivity index (χ4n) is 2.81. The first-order chi connectivity index (χ1) is 10.8. The third-order valence-electron chi connectivity index (χ3n) is 3.99. The van der Waals surface area contributed by atoms with Gasteiger partial charge in [0.1, 0.15) is 5.82 Å². The maximum Gasteiger partial charge on any atom is 0.255 e. The Balaban J connectivity index is 1.86. The lowest BCUT2D eigenvalue weighted by Gasteiger charge is -2.32. The molecular formula is C18H17FN2O2. The average molecular weight is 312 g/mol. The number of nitrogens with one attached hydrogen (secondary N) is 2. The molecule has 23 heavy (non-hydrogen) atoms. The maximum atomic E-state index is 12.9. The first-order valence-corrected chi connectivity index (χ1v) is 7.36. The highest BCUT2D eigenvalue weighted by atomic mass is 19.1. The van der Waals surface area contributed by atoms with Gasteiger partial charge in [-0.25, -0.2) is 4.39 Å². The highest BCUT2D eigenvalue weighted by Crippen LogP contribution is 2.37. The van der Waals surface area contributed by atoms with Crippen LogP contribution < -0.4 is 10.6 Å². The summed E-state index contributed by atoms with van der Waals surface area (Å²) in [6.07, 6.45) is 0.418. The number of amides is 2. The van der Waals surface area contributed by atoms with Gasteiger partial charge in [0.15, 0.2) is 0 Å². The van der Waals surface area contributed by atoms with E-state index in [0.29, 0.717) is 23.4 Å². The monoisotopic (exact) mass is 312 g/mol. The summed E-state index contributed by atoms with van der Waals surface area (Å²) in [6.45, 7) is 4.01. The van der Waals surface area contributed by atoms with Gasteiger partial charge in [0.2, 0.25) is 5.91 Å². The van der Waals surface area contributed by atoms with E-state index in [1.807, 2.05) is 19.9 Å². The van der Waals surface area contributed by atoms with Crippen molar-refractivity contribution in [3.05, 3.63) is 59.4 Å². The summed E-state index contributed by atoms with van der Waals surface area (Å²) in [7, 11) is 0. The molecular weight excluding hydrogens is 295 g/mol. The van der Waals surface area contributed by atoms with Gasteiger partial charge in [0.25, 0.3) is 5.91 Å². The first-order valence-electron chi connectivity index (χ1n) is 7.36. The molecule has 4 nitrogen and oxygen atoms in total. The van der Waals surface area contributed by atoms with Crippen molar-refractivity contribution in [1.29, 1.82) is 0 Å². The van der Waals surface area contributed by atoms with Crippen LogP contribution >= 0.6 is 0 Å². The molecule has 5 heteroatoms. The molecule has 2 aromatic rings. The van der Waals surface area contributed by atoms with Crippen molar-refractivity contribution < 1.29 is 14.0 Å². The van der Waals surface area contributed by atoms with Crippen molar-refractivity contribution in [3.63, 3.8) is 0 Å². The van der Waals surface area contributed by atoms with Gasteiger partial charge in [-0.05, 0) is 42.0 Å². The van der Waals surface area contributed by atoms with E-state index < -0.39 is 0 Å². The van der Waals surface area contributed by atoms with Crippen LogP contribution in [0, 0.1) is 5.82 Å². The van der Waals surface area contributed by atoms with Crippen molar-refractivity contribution >= 4 is 23.2 Å². The zero-order valence-corrected chi connectivity index (χ0v) is 12.9. The maximum absolute atomic E-state index is 12.9. The van der Waals surface area contributed by atoms with Gasteiger partial charge >= 0.3 is 0 Å². The third-order valence-corrected chi connectivity index (χ3v) is 3.99. The summed E-state index contributed by atoms with van der Waals surface area (Å²) in [6, 6.07) is 10.8. The average Bonchev–Trinajstić information content (AvgIpc) is 2.48. The largest absolute Gasteiger partial charge is 0.326 e. The van der Waals surface area contributed by atoms with Crippen LogP contribution in [0.2, 0.25) is 0 Å². The molecule has 1 aliphatic heterocycles. The van der Waals surface area contributed by atoms with Crippen LogP contribution in [0.25, 0.3) is 0 Å². The minimum Gasteiger partial charge on any atom is -0.326 e. The Morgan fingerprint density at radius 2 is 1.87 bits per heavy atom. The Morgan fingerprint density at radius 1 is 1.17 bits per heavy atom. The Labute approximate surface area is 133 Å². The Morgan fingerprint density at radius 3 is 2.57 bits per heavy atom. The molecule has 1 heterocycles. The molecule has 0 saturated heterocycles. The normalized spacial score (nSPS) is 15.5. The minimum atomic E-state index is -0.360. The molecule has 0 fully saturated rings. The minimum absolute atomic E-state index is 0.0569. The fraction of sp³-hybridized carbons (Fsp3) is 0.222. The lowest BCUT2D eigenvalue weighted by Crippen LogP contribution is -2.32. The molecule has 2 N–H and O–H groups in total. The van der Waals surface area contributed by atoms with E-state index >= 15 is 0 Å². The van der Waals surface area contributed by atoms with Gasteiger partial charge in [-0.3, -0.25) is 9.59 Å². The first kappa shape index (κ1) is 15.2. The number of halogens is 1. The highest BCUT2D eigenvalue weighted by molar-refractivity contribution is 6.06. The predicted molar refractivity (Wildman–Crippen MR) is 87.1 cm³/mol. The molecule has 2 amide bonds. The second kappa shape index (κ2) is 5.50. The third kappa shape index (κ3) is 3.08. The summed E-state index contributed by atoms with van der Waals surface area (Å²) >= 11 is 0. The van der Waals surface area contributed by atoms with Crippen LogP contribution in [-0.2, 0) is 10.2 Å². The Hall–Kier alpha value is -2.69. The summed E-state index contributed by atoms with van der Waals surface area (Å²) < 4.78 is 12.9. The van der Waals surface area contributed by atoms with E-state index in [9.17, 15) is 14.0 Å². The number of rotatable bonds is 2. The number of fused-ring (bicyclic) bond motifs is 1. The van der Waals surface area contributed by atoms with Gasteiger partial charge in [-0.15, -0.1) is 0 Å². The lowest BCUT2D eigenvalue weighted by molar-refractivity contribution is -0.117. The number of hydrogen-bond acceptors (Lipinski definition) is 2.